The summed E-state index contributed by atoms with van der Waals surface area (Å²) < 4.78 is 13.4. The lowest BCUT2D eigenvalue weighted by molar-refractivity contribution is 0.190. The minimum absolute atomic E-state index is 0.151. The van der Waals surface area contributed by atoms with Gasteiger partial charge in [0.2, 0.25) is 0 Å². The minimum atomic E-state index is -0.342. The summed E-state index contributed by atoms with van der Waals surface area (Å²) in [5.41, 5.74) is 0.948. The maximum atomic E-state index is 13.4. The molecular weight excluding hydrogens is 287 g/mol. The van der Waals surface area contributed by atoms with Gasteiger partial charge in [-0.25, -0.2) is 4.39 Å². The molecule has 0 aliphatic carbocycles. The first-order valence-electron chi connectivity index (χ1n) is 7.97. The van der Waals surface area contributed by atoms with Crippen LogP contribution in [0.5, 0.6) is 0 Å². The number of halogens is 2. The first kappa shape index (κ1) is 16.7. The van der Waals surface area contributed by atoms with Gasteiger partial charge in [-0.2, -0.15) is 0 Å². The molecule has 2 rings (SSSR count). The van der Waals surface area contributed by atoms with Crippen molar-refractivity contribution in [2.75, 3.05) is 26.2 Å². The summed E-state index contributed by atoms with van der Waals surface area (Å²) in [5.74, 6) is 0.546. The normalized spacial score (nSPS) is 18.9. The summed E-state index contributed by atoms with van der Waals surface area (Å²) in [4.78, 5) is 2.55. The van der Waals surface area contributed by atoms with Crippen molar-refractivity contribution in [3.8, 4) is 0 Å². The molecule has 1 heterocycles. The highest BCUT2D eigenvalue weighted by Gasteiger charge is 2.15. The molecule has 1 saturated heterocycles. The zero-order chi connectivity index (χ0) is 15.2. The van der Waals surface area contributed by atoms with Crippen LogP contribution in [0.15, 0.2) is 18.2 Å². The number of piperidine rings is 1. The van der Waals surface area contributed by atoms with Gasteiger partial charge in [-0.05, 0) is 76.0 Å². The number of nitrogens with one attached hydrogen (secondary N) is 1. The molecule has 1 N–H and O–H groups in total. The molecule has 21 heavy (non-hydrogen) atoms. The topological polar surface area (TPSA) is 15.3 Å². The van der Waals surface area contributed by atoms with Crippen LogP contribution in [0.2, 0.25) is 5.02 Å². The molecule has 1 aliphatic heterocycles. The molecule has 1 atom stereocenters. The van der Waals surface area contributed by atoms with Crippen LogP contribution in [0.4, 0.5) is 4.39 Å². The lowest BCUT2D eigenvalue weighted by Gasteiger charge is -2.30. The molecule has 1 unspecified atom stereocenters. The fourth-order valence-electron chi connectivity index (χ4n) is 2.81. The van der Waals surface area contributed by atoms with E-state index in [0.29, 0.717) is 0 Å². The Bertz CT molecular complexity index is 444. The van der Waals surface area contributed by atoms with Crippen LogP contribution in [0.1, 0.15) is 44.7 Å². The highest BCUT2D eigenvalue weighted by molar-refractivity contribution is 6.30. The SMILES string of the molecule is CC1CCN(CCCNC(C)c2ccc(Cl)c(F)c2)CC1. The van der Waals surface area contributed by atoms with Gasteiger partial charge in [0.1, 0.15) is 5.82 Å². The molecule has 2 nitrogen and oxygen atoms in total. The summed E-state index contributed by atoms with van der Waals surface area (Å²) in [6.45, 7) is 8.98. The van der Waals surface area contributed by atoms with E-state index in [-0.39, 0.29) is 16.9 Å². The van der Waals surface area contributed by atoms with E-state index in [1.54, 1.807) is 6.07 Å². The largest absolute Gasteiger partial charge is 0.310 e. The van der Waals surface area contributed by atoms with Crippen LogP contribution in [0, 0.1) is 11.7 Å². The molecule has 0 spiro atoms. The van der Waals surface area contributed by atoms with Gasteiger partial charge in [-0.15, -0.1) is 0 Å². The molecule has 118 valence electrons. The van der Waals surface area contributed by atoms with Crippen molar-refractivity contribution in [3.05, 3.63) is 34.6 Å². The summed E-state index contributed by atoms with van der Waals surface area (Å²) >= 11 is 5.71. The highest BCUT2D eigenvalue weighted by atomic mass is 35.5. The van der Waals surface area contributed by atoms with E-state index in [9.17, 15) is 4.39 Å². The third-order valence-corrected chi connectivity index (χ3v) is 4.73. The predicted octanol–water partition coefficient (Wildman–Crippen LogP) is 4.25. The van der Waals surface area contributed by atoms with Gasteiger partial charge < -0.3 is 10.2 Å². The maximum Gasteiger partial charge on any atom is 0.142 e. The molecule has 1 aromatic rings. The van der Waals surface area contributed by atoms with E-state index in [4.69, 9.17) is 11.6 Å². The van der Waals surface area contributed by atoms with Gasteiger partial charge in [-0.1, -0.05) is 24.6 Å². The number of benzene rings is 1. The third-order valence-electron chi connectivity index (χ3n) is 4.42. The second-order valence-electron chi connectivity index (χ2n) is 6.23. The second kappa shape index (κ2) is 8.11. The third kappa shape index (κ3) is 5.24. The standard InChI is InChI=1S/C17H26ClFN2/c1-13-6-10-21(11-7-13)9-3-8-20-14(2)15-4-5-16(18)17(19)12-15/h4-5,12-14,20H,3,6-11H2,1-2H3. The highest BCUT2D eigenvalue weighted by Crippen LogP contribution is 2.20. The number of nitrogens with zero attached hydrogens (tertiary/aromatic N) is 1. The fraction of sp³-hybridized carbons (Fsp3) is 0.647. The summed E-state index contributed by atoms with van der Waals surface area (Å²) in [6, 6.07) is 5.18. The molecule has 0 aromatic heterocycles. The van der Waals surface area contributed by atoms with Crippen molar-refractivity contribution in [1.82, 2.24) is 10.2 Å². The van der Waals surface area contributed by atoms with E-state index < -0.39 is 0 Å². The Labute approximate surface area is 132 Å². The lowest BCUT2D eigenvalue weighted by atomic mass is 9.99. The number of rotatable bonds is 6. The molecule has 0 radical (unpaired) electrons. The molecule has 1 aliphatic rings. The van der Waals surface area contributed by atoms with E-state index >= 15 is 0 Å². The van der Waals surface area contributed by atoms with Crippen molar-refractivity contribution in [3.63, 3.8) is 0 Å². The number of hydrogen-bond donors (Lipinski definition) is 1. The van der Waals surface area contributed by atoms with Crippen molar-refractivity contribution in [2.24, 2.45) is 5.92 Å². The first-order chi connectivity index (χ1) is 10.1. The first-order valence-corrected chi connectivity index (χ1v) is 8.34. The van der Waals surface area contributed by atoms with Crippen molar-refractivity contribution in [2.45, 2.75) is 39.2 Å². The van der Waals surface area contributed by atoms with Gasteiger partial charge in [0.05, 0.1) is 5.02 Å². The Hall–Kier alpha value is -0.640. The van der Waals surface area contributed by atoms with E-state index in [0.717, 1.165) is 31.0 Å². The Balaban J connectivity index is 1.67. The average Bonchev–Trinajstić information content (AvgIpc) is 2.48. The average molecular weight is 313 g/mol. The Morgan fingerprint density at radius 1 is 1.38 bits per heavy atom. The summed E-state index contributed by atoms with van der Waals surface area (Å²) in [6.07, 6.45) is 3.79. The molecule has 0 saturated carbocycles. The van der Waals surface area contributed by atoms with E-state index in [1.165, 1.54) is 32.0 Å². The van der Waals surface area contributed by atoms with Gasteiger partial charge in [0.25, 0.3) is 0 Å². The zero-order valence-corrected chi connectivity index (χ0v) is 13.8. The number of hydrogen-bond acceptors (Lipinski definition) is 2. The summed E-state index contributed by atoms with van der Waals surface area (Å²) in [7, 11) is 0. The van der Waals surface area contributed by atoms with Crippen LogP contribution in [0.25, 0.3) is 0 Å². The Kier molecular flexibility index (Phi) is 6.46. The zero-order valence-electron chi connectivity index (χ0n) is 13.0. The Morgan fingerprint density at radius 2 is 2.10 bits per heavy atom. The molecule has 1 fully saturated rings. The van der Waals surface area contributed by atoms with Crippen molar-refractivity contribution in [1.29, 1.82) is 0 Å². The van der Waals surface area contributed by atoms with Crippen molar-refractivity contribution < 1.29 is 4.39 Å². The van der Waals surface area contributed by atoms with Gasteiger partial charge >= 0.3 is 0 Å². The maximum absolute atomic E-state index is 13.4. The molecular formula is C17H26ClFN2. The number of likely N-dealkylation sites (tertiary alicyclic amines) is 1. The van der Waals surface area contributed by atoms with Gasteiger partial charge in [0, 0.05) is 6.04 Å². The predicted molar refractivity (Wildman–Crippen MR) is 87.3 cm³/mol. The summed E-state index contributed by atoms with van der Waals surface area (Å²) in [5, 5.41) is 3.64. The van der Waals surface area contributed by atoms with E-state index in [1.807, 2.05) is 6.07 Å². The van der Waals surface area contributed by atoms with Gasteiger partial charge in [0.15, 0.2) is 0 Å². The smallest absolute Gasteiger partial charge is 0.142 e. The lowest BCUT2D eigenvalue weighted by Crippen LogP contribution is -2.35. The molecule has 0 amide bonds. The Morgan fingerprint density at radius 3 is 2.76 bits per heavy atom. The fourth-order valence-corrected chi connectivity index (χ4v) is 2.92. The quantitative estimate of drug-likeness (QED) is 0.790. The van der Waals surface area contributed by atoms with E-state index in [2.05, 4.69) is 24.1 Å². The second-order valence-corrected chi connectivity index (χ2v) is 6.63. The minimum Gasteiger partial charge on any atom is -0.310 e. The van der Waals surface area contributed by atoms with Crippen LogP contribution >= 0.6 is 11.6 Å². The van der Waals surface area contributed by atoms with Crippen LogP contribution < -0.4 is 5.32 Å². The molecule has 1 aromatic carbocycles. The van der Waals surface area contributed by atoms with Crippen LogP contribution in [0.3, 0.4) is 0 Å². The van der Waals surface area contributed by atoms with Crippen LogP contribution in [-0.2, 0) is 0 Å². The monoisotopic (exact) mass is 312 g/mol. The van der Waals surface area contributed by atoms with Gasteiger partial charge in [-0.3, -0.25) is 0 Å². The van der Waals surface area contributed by atoms with Crippen molar-refractivity contribution >= 4 is 11.6 Å². The molecule has 0 bridgehead atoms. The van der Waals surface area contributed by atoms with Crippen LogP contribution in [-0.4, -0.2) is 31.1 Å². The molecule has 4 heteroatoms.